The molecule has 0 radical (unpaired) electrons. The highest BCUT2D eigenvalue weighted by atomic mass is 16.5. The van der Waals surface area contributed by atoms with Crippen molar-refractivity contribution in [1.82, 2.24) is 0 Å². The third kappa shape index (κ3) is 9.07. The van der Waals surface area contributed by atoms with Crippen LogP contribution in [-0.2, 0) is 9.47 Å². The molecule has 0 aliphatic carbocycles. The molecule has 118 valence electrons. The average Bonchev–Trinajstić information content (AvgIpc) is 2.52. The molecule has 0 aliphatic rings. The van der Waals surface area contributed by atoms with E-state index in [1.165, 1.54) is 0 Å². The third-order valence-electron chi connectivity index (χ3n) is 2.52. The molecule has 1 aromatic carbocycles. The van der Waals surface area contributed by atoms with E-state index in [2.05, 4.69) is 6.58 Å². The molecule has 0 amide bonds. The lowest BCUT2D eigenvalue weighted by Gasteiger charge is -2.09. The SMILES string of the molecule is C=CCCOc1ccc(OCCOCCOCCO)cc1. The molecular formula is C16H24O5. The first kappa shape index (κ1) is 17.5. The molecule has 0 saturated carbocycles. The Bertz CT molecular complexity index is 363. The van der Waals surface area contributed by atoms with Gasteiger partial charge in [-0.25, -0.2) is 0 Å². The molecule has 0 spiro atoms. The van der Waals surface area contributed by atoms with Gasteiger partial charge < -0.3 is 24.1 Å². The Hall–Kier alpha value is -1.56. The van der Waals surface area contributed by atoms with E-state index in [0.717, 1.165) is 17.9 Å². The molecule has 21 heavy (non-hydrogen) atoms. The monoisotopic (exact) mass is 296 g/mol. The lowest BCUT2D eigenvalue weighted by molar-refractivity contribution is 0.0247. The maximum atomic E-state index is 8.51. The van der Waals surface area contributed by atoms with Gasteiger partial charge in [0.05, 0.1) is 39.6 Å². The van der Waals surface area contributed by atoms with Crippen molar-refractivity contribution >= 4 is 0 Å². The van der Waals surface area contributed by atoms with Gasteiger partial charge in [0, 0.05) is 0 Å². The van der Waals surface area contributed by atoms with Crippen LogP contribution in [0.15, 0.2) is 36.9 Å². The molecule has 5 heteroatoms. The van der Waals surface area contributed by atoms with Gasteiger partial charge in [0.2, 0.25) is 0 Å². The second-order valence-electron chi connectivity index (χ2n) is 4.19. The van der Waals surface area contributed by atoms with E-state index in [1.54, 1.807) is 0 Å². The van der Waals surface area contributed by atoms with Crippen molar-refractivity contribution in [1.29, 1.82) is 0 Å². The summed E-state index contributed by atoms with van der Waals surface area (Å²) in [5.74, 6) is 1.60. The van der Waals surface area contributed by atoms with Gasteiger partial charge in [0.25, 0.3) is 0 Å². The van der Waals surface area contributed by atoms with E-state index in [9.17, 15) is 0 Å². The molecule has 1 rings (SSSR count). The van der Waals surface area contributed by atoms with Gasteiger partial charge >= 0.3 is 0 Å². The van der Waals surface area contributed by atoms with Crippen LogP contribution < -0.4 is 9.47 Å². The van der Waals surface area contributed by atoms with Crippen molar-refractivity contribution in [2.75, 3.05) is 46.2 Å². The molecule has 0 aromatic heterocycles. The van der Waals surface area contributed by atoms with Gasteiger partial charge in [-0.1, -0.05) is 6.08 Å². The van der Waals surface area contributed by atoms with Gasteiger partial charge in [-0.15, -0.1) is 6.58 Å². The zero-order valence-corrected chi connectivity index (χ0v) is 12.3. The molecule has 0 heterocycles. The van der Waals surface area contributed by atoms with Crippen LogP contribution in [0.4, 0.5) is 0 Å². The van der Waals surface area contributed by atoms with Crippen LogP contribution in [0.25, 0.3) is 0 Å². The first-order valence-electron chi connectivity index (χ1n) is 7.09. The molecular weight excluding hydrogens is 272 g/mol. The highest BCUT2D eigenvalue weighted by Gasteiger charge is 1.97. The Labute approximate surface area is 126 Å². The lowest BCUT2D eigenvalue weighted by Crippen LogP contribution is -2.11. The van der Waals surface area contributed by atoms with Crippen LogP contribution in [0.3, 0.4) is 0 Å². The van der Waals surface area contributed by atoms with E-state index in [-0.39, 0.29) is 6.61 Å². The highest BCUT2D eigenvalue weighted by molar-refractivity contribution is 5.31. The van der Waals surface area contributed by atoms with Gasteiger partial charge in [-0.2, -0.15) is 0 Å². The summed E-state index contributed by atoms with van der Waals surface area (Å²) in [7, 11) is 0. The number of aliphatic hydroxyl groups excluding tert-OH is 1. The Balaban J connectivity index is 2.05. The van der Waals surface area contributed by atoms with E-state index in [1.807, 2.05) is 30.3 Å². The molecule has 0 saturated heterocycles. The maximum absolute atomic E-state index is 8.51. The smallest absolute Gasteiger partial charge is 0.119 e. The van der Waals surface area contributed by atoms with Crippen molar-refractivity contribution in [3.05, 3.63) is 36.9 Å². The van der Waals surface area contributed by atoms with Gasteiger partial charge in [-0.3, -0.25) is 0 Å². The minimum Gasteiger partial charge on any atom is -0.493 e. The predicted molar refractivity (Wildman–Crippen MR) is 81.0 cm³/mol. The van der Waals surface area contributed by atoms with Crippen molar-refractivity contribution in [2.24, 2.45) is 0 Å². The standard InChI is InChI=1S/C16H24O5/c1-2-3-9-20-15-4-6-16(7-5-15)21-14-13-19-12-11-18-10-8-17/h2,4-7,17H,1,3,8-14H2. The summed E-state index contributed by atoms with van der Waals surface area (Å²) in [5, 5.41) is 8.51. The summed E-state index contributed by atoms with van der Waals surface area (Å²) in [6.45, 7) is 6.63. The van der Waals surface area contributed by atoms with Crippen molar-refractivity contribution in [2.45, 2.75) is 6.42 Å². The average molecular weight is 296 g/mol. The van der Waals surface area contributed by atoms with Gasteiger partial charge in [0.15, 0.2) is 0 Å². The minimum atomic E-state index is 0.0381. The molecule has 1 aromatic rings. The van der Waals surface area contributed by atoms with Crippen molar-refractivity contribution < 1.29 is 24.1 Å². The Morgan fingerprint density at radius 2 is 1.33 bits per heavy atom. The fourth-order valence-electron chi connectivity index (χ4n) is 1.50. The number of benzene rings is 1. The summed E-state index contributed by atoms with van der Waals surface area (Å²) in [5.41, 5.74) is 0. The summed E-state index contributed by atoms with van der Waals surface area (Å²) in [6, 6.07) is 7.49. The van der Waals surface area contributed by atoms with Gasteiger partial charge in [-0.05, 0) is 30.7 Å². The Morgan fingerprint density at radius 1 is 0.810 bits per heavy atom. The van der Waals surface area contributed by atoms with Crippen LogP contribution in [0.2, 0.25) is 0 Å². The number of hydrogen-bond donors (Lipinski definition) is 1. The molecule has 0 fully saturated rings. The normalized spacial score (nSPS) is 10.3. The van der Waals surface area contributed by atoms with Gasteiger partial charge in [0.1, 0.15) is 18.1 Å². The molecule has 0 unspecified atom stereocenters. The van der Waals surface area contributed by atoms with Crippen LogP contribution in [0.5, 0.6) is 11.5 Å². The Kier molecular flexibility index (Phi) is 10.2. The maximum Gasteiger partial charge on any atom is 0.119 e. The van der Waals surface area contributed by atoms with Crippen LogP contribution in [0, 0.1) is 0 Å². The molecule has 0 atom stereocenters. The quantitative estimate of drug-likeness (QED) is 0.446. The zero-order valence-electron chi connectivity index (χ0n) is 12.3. The predicted octanol–water partition coefficient (Wildman–Crippen LogP) is 2.05. The summed E-state index contributed by atoms with van der Waals surface area (Å²) < 4.78 is 21.4. The number of aliphatic hydroxyl groups is 1. The Morgan fingerprint density at radius 3 is 1.90 bits per heavy atom. The topological polar surface area (TPSA) is 57.2 Å². The molecule has 5 nitrogen and oxygen atoms in total. The lowest BCUT2D eigenvalue weighted by atomic mass is 10.3. The van der Waals surface area contributed by atoms with E-state index in [0.29, 0.717) is 39.6 Å². The first-order chi connectivity index (χ1) is 10.4. The van der Waals surface area contributed by atoms with Crippen LogP contribution in [-0.4, -0.2) is 51.4 Å². The second kappa shape index (κ2) is 12.2. The summed E-state index contributed by atoms with van der Waals surface area (Å²) >= 11 is 0. The largest absolute Gasteiger partial charge is 0.493 e. The highest BCUT2D eigenvalue weighted by Crippen LogP contribution is 2.17. The van der Waals surface area contributed by atoms with Crippen LogP contribution in [0.1, 0.15) is 6.42 Å². The van der Waals surface area contributed by atoms with Crippen molar-refractivity contribution in [3.63, 3.8) is 0 Å². The van der Waals surface area contributed by atoms with E-state index in [4.69, 9.17) is 24.1 Å². The van der Waals surface area contributed by atoms with Crippen LogP contribution >= 0.6 is 0 Å². The number of ether oxygens (including phenoxy) is 4. The van der Waals surface area contributed by atoms with E-state index >= 15 is 0 Å². The summed E-state index contributed by atoms with van der Waals surface area (Å²) in [6.07, 6.45) is 2.66. The summed E-state index contributed by atoms with van der Waals surface area (Å²) in [4.78, 5) is 0. The first-order valence-corrected chi connectivity index (χ1v) is 7.09. The number of hydrogen-bond acceptors (Lipinski definition) is 5. The minimum absolute atomic E-state index is 0.0381. The second-order valence-corrected chi connectivity index (χ2v) is 4.19. The fourth-order valence-corrected chi connectivity index (χ4v) is 1.50. The molecule has 0 bridgehead atoms. The number of rotatable bonds is 13. The molecule has 0 aliphatic heterocycles. The fraction of sp³-hybridized carbons (Fsp3) is 0.500. The van der Waals surface area contributed by atoms with Crippen molar-refractivity contribution in [3.8, 4) is 11.5 Å². The molecule has 1 N–H and O–H groups in total. The van der Waals surface area contributed by atoms with E-state index < -0.39 is 0 Å². The third-order valence-corrected chi connectivity index (χ3v) is 2.52. The zero-order chi connectivity index (χ0) is 15.2.